The van der Waals surface area contributed by atoms with Gasteiger partial charge in [-0.15, -0.1) is 0 Å². The monoisotopic (exact) mass is 203 g/mol. The fourth-order valence-electron chi connectivity index (χ4n) is 1.50. The van der Waals surface area contributed by atoms with Gasteiger partial charge < -0.3 is 9.84 Å². The first kappa shape index (κ1) is 9.77. The predicted molar refractivity (Wildman–Crippen MR) is 59.3 cm³/mol. The molecule has 3 heteroatoms. The Morgan fingerprint density at radius 1 is 1.33 bits per heavy atom. The maximum Gasteiger partial charge on any atom is 0.137 e. The Morgan fingerprint density at radius 3 is 2.87 bits per heavy atom. The van der Waals surface area contributed by atoms with Crippen molar-refractivity contribution in [3.8, 4) is 11.5 Å². The molecule has 15 heavy (non-hydrogen) atoms. The Morgan fingerprint density at radius 2 is 2.13 bits per heavy atom. The number of aryl methyl sites for hydroxylation is 1. The lowest BCUT2D eigenvalue weighted by molar-refractivity contribution is 0.340. The third-order valence-corrected chi connectivity index (χ3v) is 2.26. The summed E-state index contributed by atoms with van der Waals surface area (Å²) in [4.78, 5) is 4.27. The second kappa shape index (κ2) is 3.77. The molecule has 0 saturated carbocycles. The molecule has 0 radical (unpaired) electrons. The molecule has 0 aliphatic carbocycles. The Kier molecular flexibility index (Phi) is 2.46. The van der Waals surface area contributed by atoms with Gasteiger partial charge in [-0.2, -0.15) is 0 Å². The van der Waals surface area contributed by atoms with Crippen molar-refractivity contribution in [1.29, 1.82) is 0 Å². The largest absolute Gasteiger partial charge is 0.506 e. The summed E-state index contributed by atoms with van der Waals surface area (Å²) in [6.45, 7) is 4.36. The van der Waals surface area contributed by atoms with Crippen molar-refractivity contribution in [1.82, 2.24) is 4.98 Å². The molecule has 0 spiro atoms. The van der Waals surface area contributed by atoms with Crippen molar-refractivity contribution in [3.05, 3.63) is 30.0 Å². The van der Waals surface area contributed by atoms with Gasteiger partial charge in [0.05, 0.1) is 17.8 Å². The number of fused-ring (bicyclic) bond motifs is 1. The molecule has 1 aromatic heterocycles. The molecule has 0 saturated heterocycles. The number of hydrogen-bond donors (Lipinski definition) is 1. The van der Waals surface area contributed by atoms with Gasteiger partial charge in [0.1, 0.15) is 11.5 Å². The van der Waals surface area contributed by atoms with Crippen LogP contribution in [0.4, 0.5) is 0 Å². The van der Waals surface area contributed by atoms with Crippen LogP contribution in [0.3, 0.4) is 0 Å². The number of rotatable bonds is 2. The van der Waals surface area contributed by atoms with Crippen molar-refractivity contribution < 1.29 is 9.84 Å². The highest BCUT2D eigenvalue weighted by Crippen LogP contribution is 2.24. The smallest absolute Gasteiger partial charge is 0.137 e. The minimum atomic E-state index is 0.219. The van der Waals surface area contributed by atoms with Gasteiger partial charge in [0.15, 0.2) is 0 Å². The molecule has 1 heterocycles. The number of nitrogens with zero attached hydrogens (tertiary/aromatic N) is 1. The third-order valence-electron chi connectivity index (χ3n) is 2.26. The fraction of sp³-hybridized carbons (Fsp3) is 0.250. The summed E-state index contributed by atoms with van der Waals surface area (Å²) >= 11 is 0. The summed E-state index contributed by atoms with van der Waals surface area (Å²) in [7, 11) is 0. The van der Waals surface area contributed by atoms with Crippen molar-refractivity contribution in [2.45, 2.75) is 13.8 Å². The van der Waals surface area contributed by atoms with Crippen LogP contribution in [-0.2, 0) is 0 Å². The summed E-state index contributed by atoms with van der Waals surface area (Å²) in [6, 6.07) is 7.37. The van der Waals surface area contributed by atoms with Crippen LogP contribution in [0.2, 0.25) is 0 Å². The Hall–Kier alpha value is -1.77. The van der Waals surface area contributed by atoms with Crippen LogP contribution in [0, 0.1) is 6.92 Å². The predicted octanol–water partition coefficient (Wildman–Crippen LogP) is 2.65. The normalized spacial score (nSPS) is 10.5. The summed E-state index contributed by atoms with van der Waals surface area (Å²) in [6.07, 6.45) is 0. The zero-order valence-electron chi connectivity index (χ0n) is 8.82. The molecule has 0 aliphatic rings. The zero-order valence-corrected chi connectivity index (χ0v) is 8.82. The highest BCUT2D eigenvalue weighted by atomic mass is 16.5. The summed E-state index contributed by atoms with van der Waals surface area (Å²) in [5, 5.41) is 10.4. The molecule has 0 amide bonds. The second-order valence-electron chi connectivity index (χ2n) is 3.38. The quantitative estimate of drug-likeness (QED) is 0.815. The second-order valence-corrected chi connectivity index (χ2v) is 3.38. The van der Waals surface area contributed by atoms with Gasteiger partial charge >= 0.3 is 0 Å². The van der Waals surface area contributed by atoms with E-state index in [0.29, 0.717) is 12.3 Å². The van der Waals surface area contributed by atoms with Gasteiger partial charge in [0.2, 0.25) is 0 Å². The molecule has 1 N–H and O–H groups in total. The summed E-state index contributed by atoms with van der Waals surface area (Å²) in [5.41, 5.74) is 1.51. The van der Waals surface area contributed by atoms with E-state index in [1.807, 2.05) is 25.1 Å². The zero-order chi connectivity index (χ0) is 10.8. The van der Waals surface area contributed by atoms with Crippen LogP contribution in [-0.4, -0.2) is 16.7 Å². The van der Waals surface area contributed by atoms with Crippen LogP contribution in [0.1, 0.15) is 12.6 Å². The van der Waals surface area contributed by atoms with Gasteiger partial charge in [-0.3, -0.25) is 0 Å². The molecule has 78 valence electrons. The first-order valence-electron chi connectivity index (χ1n) is 4.94. The minimum Gasteiger partial charge on any atom is -0.506 e. The highest BCUT2D eigenvalue weighted by Gasteiger charge is 2.02. The molecular weight excluding hydrogens is 190 g/mol. The Balaban J connectivity index is 2.56. The first-order chi connectivity index (χ1) is 7.20. The van der Waals surface area contributed by atoms with Gasteiger partial charge in [-0.1, -0.05) is 0 Å². The summed E-state index contributed by atoms with van der Waals surface area (Å²) < 4.78 is 5.37. The molecule has 2 rings (SSSR count). The lowest BCUT2D eigenvalue weighted by Crippen LogP contribution is -1.91. The fourth-order valence-corrected chi connectivity index (χ4v) is 1.50. The number of aromatic hydroxyl groups is 1. The molecule has 2 aromatic rings. The van der Waals surface area contributed by atoms with E-state index in [1.165, 1.54) is 0 Å². The Bertz CT molecular complexity index is 494. The van der Waals surface area contributed by atoms with Gasteiger partial charge in [-0.25, -0.2) is 4.98 Å². The van der Waals surface area contributed by atoms with E-state index in [2.05, 4.69) is 4.98 Å². The molecule has 0 unspecified atom stereocenters. The lowest BCUT2D eigenvalue weighted by atomic mass is 10.2. The van der Waals surface area contributed by atoms with E-state index >= 15 is 0 Å². The number of aromatic nitrogens is 1. The average molecular weight is 203 g/mol. The standard InChI is InChI=1S/C12H13NO2/c1-3-15-10-4-5-11-9(6-10)7-12(14)8(2)13-11/h4-7,14H,3H2,1-2H3. The molecule has 0 aliphatic heterocycles. The first-order valence-corrected chi connectivity index (χ1v) is 4.94. The number of hydrogen-bond acceptors (Lipinski definition) is 3. The van der Waals surface area contributed by atoms with Gasteiger partial charge in [0, 0.05) is 5.39 Å². The average Bonchev–Trinajstić information content (AvgIpc) is 2.21. The van der Waals surface area contributed by atoms with Gasteiger partial charge in [-0.05, 0) is 38.1 Å². The van der Waals surface area contributed by atoms with Crippen molar-refractivity contribution in [3.63, 3.8) is 0 Å². The van der Waals surface area contributed by atoms with Gasteiger partial charge in [0.25, 0.3) is 0 Å². The van der Waals surface area contributed by atoms with Crippen LogP contribution in [0.5, 0.6) is 11.5 Å². The van der Waals surface area contributed by atoms with E-state index in [4.69, 9.17) is 4.74 Å². The molecule has 0 fully saturated rings. The van der Waals surface area contributed by atoms with Crippen LogP contribution in [0.25, 0.3) is 10.9 Å². The van der Waals surface area contributed by atoms with E-state index < -0.39 is 0 Å². The highest BCUT2D eigenvalue weighted by molar-refractivity contribution is 5.81. The summed E-state index contributed by atoms with van der Waals surface area (Å²) in [5.74, 6) is 1.02. The SMILES string of the molecule is CCOc1ccc2nc(C)c(O)cc2c1. The van der Waals surface area contributed by atoms with E-state index in [9.17, 15) is 5.11 Å². The van der Waals surface area contributed by atoms with Crippen LogP contribution < -0.4 is 4.74 Å². The number of pyridine rings is 1. The molecule has 1 aromatic carbocycles. The molecule has 3 nitrogen and oxygen atoms in total. The third kappa shape index (κ3) is 1.86. The van der Waals surface area contributed by atoms with E-state index in [0.717, 1.165) is 16.7 Å². The molecule has 0 atom stereocenters. The lowest BCUT2D eigenvalue weighted by Gasteiger charge is -2.05. The molecule has 0 bridgehead atoms. The van der Waals surface area contributed by atoms with Crippen molar-refractivity contribution in [2.75, 3.05) is 6.61 Å². The van der Waals surface area contributed by atoms with E-state index in [1.54, 1.807) is 13.0 Å². The maximum atomic E-state index is 9.53. The van der Waals surface area contributed by atoms with Crippen molar-refractivity contribution in [2.24, 2.45) is 0 Å². The Labute approximate surface area is 88.3 Å². The minimum absolute atomic E-state index is 0.219. The van der Waals surface area contributed by atoms with E-state index in [-0.39, 0.29) is 5.75 Å². The number of ether oxygens (including phenoxy) is 1. The van der Waals surface area contributed by atoms with Crippen molar-refractivity contribution >= 4 is 10.9 Å². The topological polar surface area (TPSA) is 42.4 Å². The van der Waals surface area contributed by atoms with Crippen LogP contribution >= 0.6 is 0 Å². The maximum absolute atomic E-state index is 9.53. The number of benzene rings is 1. The van der Waals surface area contributed by atoms with Crippen LogP contribution in [0.15, 0.2) is 24.3 Å². The molecular formula is C12H13NO2.